The van der Waals surface area contributed by atoms with Gasteiger partial charge in [0.05, 0.1) is 6.20 Å². The molecule has 4 nitrogen and oxygen atoms in total. The van der Waals surface area contributed by atoms with Crippen molar-refractivity contribution < 1.29 is 14.1 Å². The van der Waals surface area contributed by atoms with Gasteiger partial charge in [-0.2, -0.15) is 0 Å². The molecule has 82 valence electrons. The van der Waals surface area contributed by atoms with Crippen LogP contribution in [0.1, 0.15) is 10.4 Å². The van der Waals surface area contributed by atoms with E-state index in [0.29, 0.717) is 16.4 Å². The third kappa shape index (κ3) is 2.25. The van der Waals surface area contributed by atoms with Crippen LogP contribution in [0.3, 0.4) is 0 Å². The number of aromatic nitrogens is 1. The van der Waals surface area contributed by atoms with Gasteiger partial charge in [0.25, 0.3) is 0 Å². The molecule has 0 saturated carbocycles. The number of rotatable bonds is 3. The zero-order chi connectivity index (χ0) is 11.4. The minimum Gasteiger partial charge on any atom is -0.423 e. The fraction of sp³-hybridized carbons (Fsp3) is 0.0909. The highest BCUT2D eigenvalue weighted by molar-refractivity contribution is 7.98. The highest BCUT2D eigenvalue weighted by Gasteiger charge is 2.17. The number of carbonyl (C=O) groups excluding carboxylic acids is 1. The quantitative estimate of drug-likeness (QED) is 0.465. The summed E-state index contributed by atoms with van der Waals surface area (Å²) in [6, 6.07) is 8.87. The van der Waals surface area contributed by atoms with Crippen LogP contribution in [0.2, 0.25) is 0 Å². The van der Waals surface area contributed by atoms with E-state index in [1.165, 1.54) is 18.0 Å². The summed E-state index contributed by atoms with van der Waals surface area (Å²) in [5.41, 5.74) is 0.344. The number of hydrogen-bond acceptors (Lipinski definition) is 5. The lowest BCUT2D eigenvalue weighted by atomic mass is 10.3. The maximum Gasteiger partial charge on any atom is 0.349 e. The SMILES string of the molecule is CSc1oncc1C(=O)Oc1ccccc1. The van der Waals surface area contributed by atoms with Crippen molar-refractivity contribution in [3.63, 3.8) is 0 Å². The summed E-state index contributed by atoms with van der Waals surface area (Å²) in [5.74, 6) is 0.0394. The maximum atomic E-state index is 11.7. The molecule has 0 aliphatic heterocycles. The van der Waals surface area contributed by atoms with Crippen molar-refractivity contribution in [2.24, 2.45) is 0 Å². The number of nitrogens with zero attached hydrogens (tertiary/aromatic N) is 1. The molecule has 0 atom stereocenters. The van der Waals surface area contributed by atoms with Gasteiger partial charge in [0, 0.05) is 0 Å². The van der Waals surface area contributed by atoms with Crippen molar-refractivity contribution in [1.82, 2.24) is 5.16 Å². The molecule has 0 spiro atoms. The van der Waals surface area contributed by atoms with Crippen molar-refractivity contribution >= 4 is 17.7 Å². The minimum atomic E-state index is -0.461. The fourth-order valence-corrected chi connectivity index (χ4v) is 1.64. The lowest BCUT2D eigenvalue weighted by Crippen LogP contribution is -2.08. The van der Waals surface area contributed by atoms with Crippen LogP contribution in [0.4, 0.5) is 0 Å². The Bertz CT molecular complexity index is 481. The molecule has 0 radical (unpaired) electrons. The molecule has 1 heterocycles. The summed E-state index contributed by atoms with van der Waals surface area (Å²) in [6.07, 6.45) is 3.16. The molecular weight excluding hydrogens is 226 g/mol. The van der Waals surface area contributed by atoms with Crippen molar-refractivity contribution in [2.45, 2.75) is 5.09 Å². The Morgan fingerprint density at radius 1 is 1.38 bits per heavy atom. The van der Waals surface area contributed by atoms with Crippen LogP contribution in [0.15, 0.2) is 46.1 Å². The Hall–Kier alpha value is -1.75. The second kappa shape index (κ2) is 4.85. The molecule has 0 N–H and O–H groups in total. The Morgan fingerprint density at radius 2 is 2.12 bits per heavy atom. The van der Waals surface area contributed by atoms with Crippen molar-refractivity contribution in [3.05, 3.63) is 42.1 Å². The summed E-state index contributed by atoms with van der Waals surface area (Å²) < 4.78 is 10.0. The zero-order valence-electron chi connectivity index (χ0n) is 8.54. The Labute approximate surface area is 96.6 Å². The molecule has 1 aromatic heterocycles. The maximum absolute atomic E-state index is 11.7. The highest BCUT2D eigenvalue weighted by Crippen LogP contribution is 2.21. The molecule has 0 saturated heterocycles. The van der Waals surface area contributed by atoms with E-state index >= 15 is 0 Å². The van der Waals surface area contributed by atoms with Crippen molar-refractivity contribution in [2.75, 3.05) is 6.26 Å². The molecule has 2 rings (SSSR count). The number of thioether (sulfide) groups is 1. The number of carbonyl (C=O) groups is 1. The molecule has 0 amide bonds. The van der Waals surface area contributed by atoms with E-state index in [0.717, 1.165) is 0 Å². The molecule has 0 bridgehead atoms. The van der Waals surface area contributed by atoms with E-state index in [-0.39, 0.29) is 0 Å². The summed E-state index contributed by atoms with van der Waals surface area (Å²) in [4.78, 5) is 11.7. The van der Waals surface area contributed by atoms with E-state index in [1.54, 1.807) is 30.5 Å². The molecule has 1 aromatic carbocycles. The van der Waals surface area contributed by atoms with Gasteiger partial charge in [-0.1, -0.05) is 35.1 Å². The van der Waals surface area contributed by atoms with Gasteiger partial charge in [0.1, 0.15) is 11.3 Å². The Kier molecular flexibility index (Phi) is 3.26. The summed E-state index contributed by atoms with van der Waals surface area (Å²) in [6.45, 7) is 0. The second-order valence-corrected chi connectivity index (χ2v) is 3.71. The van der Waals surface area contributed by atoms with Crippen LogP contribution in [0.5, 0.6) is 5.75 Å². The first-order chi connectivity index (χ1) is 7.81. The second-order valence-electron chi connectivity index (χ2n) is 2.93. The third-order valence-corrected chi connectivity index (χ3v) is 2.56. The van der Waals surface area contributed by atoms with Gasteiger partial charge in [0.2, 0.25) is 5.09 Å². The van der Waals surface area contributed by atoms with Crippen LogP contribution in [-0.4, -0.2) is 17.4 Å². The normalized spacial score (nSPS) is 10.1. The van der Waals surface area contributed by atoms with Crippen LogP contribution in [-0.2, 0) is 0 Å². The van der Waals surface area contributed by atoms with Crippen LogP contribution >= 0.6 is 11.8 Å². The van der Waals surface area contributed by atoms with Gasteiger partial charge in [-0.3, -0.25) is 0 Å². The molecule has 0 aliphatic carbocycles. The molecule has 2 aromatic rings. The number of benzene rings is 1. The Morgan fingerprint density at radius 3 is 2.81 bits per heavy atom. The first kappa shape index (κ1) is 10.8. The lowest BCUT2D eigenvalue weighted by molar-refractivity contribution is 0.0728. The van der Waals surface area contributed by atoms with Gasteiger partial charge in [-0.05, 0) is 18.4 Å². The van der Waals surface area contributed by atoms with Crippen LogP contribution in [0.25, 0.3) is 0 Å². The minimum absolute atomic E-state index is 0.344. The molecular formula is C11H9NO3S. The van der Waals surface area contributed by atoms with Crippen molar-refractivity contribution in [1.29, 1.82) is 0 Å². The number of hydrogen-bond donors (Lipinski definition) is 0. The van der Waals surface area contributed by atoms with Gasteiger partial charge in [-0.25, -0.2) is 4.79 Å². The highest BCUT2D eigenvalue weighted by atomic mass is 32.2. The summed E-state index contributed by atoms with van der Waals surface area (Å²) in [7, 11) is 0. The number of para-hydroxylation sites is 1. The largest absolute Gasteiger partial charge is 0.423 e. The van der Waals surface area contributed by atoms with Gasteiger partial charge in [-0.15, -0.1) is 0 Å². The van der Waals surface area contributed by atoms with E-state index in [1.807, 2.05) is 6.07 Å². The van der Waals surface area contributed by atoms with E-state index < -0.39 is 5.97 Å². The predicted octanol–water partition coefficient (Wildman–Crippen LogP) is 2.62. The van der Waals surface area contributed by atoms with Gasteiger partial charge >= 0.3 is 5.97 Å². The zero-order valence-corrected chi connectivity index (χ0v) is 9.36. The number of esters is 1. The standard InChI is InChI=1S/C11H9NO3S/c1-16-11-9(7-12-15-11)10(13)14-8-5-3-2-4-6-8/h2-7H,1H3. The first-order valence-corrected chi connectivity index (χ1v) is 5.79. The van der Waals surface area contributed by atoms with E-state index in [4.69, 9.17) is 9.26 Å². The smallest absolute Gasteiger partial charge is 0.349 e. The summed E-state index contributed by atoms with van der Waals surface area (Å²) in [5, 5.41) is 4.02. The summed E-state index contributed by atoms with van der Waals surface area (Å²) >= 11 is 1.31. The van der Waals surface area contributed by atoms with Crippen LogP contribution in [0, 0.1) is 0 Å². The molecule has 0 fully saturated rings. The van der Waals surface area contributed by atoms with E-state index in [9.17, 15) is 4.79 Å². The van der Waals surface area contributed by atoms with Crippen LogP contribution < -0.4 is 4.74 Å². The van der Waals surface area contributed by atoms with Gasteiger partial charge in [0.15, 0.2) is 0 Å². The first-order valence-electron chi connectivity index (χ1n) is 4.57. The monoisotopic (exact) mass is 235 g/mol. The molecule has 0 aliphatic rings. The molecule has 16 heavy (non-hydrogen) atoms. The number of ether oxygens (including phenoxy) is 1. The third-order valence-electron chi connectivity index (χ3n) is 1.90. The Balaban J connectivity index is 2.15. The fourth-order valence-electron chi connectivity index (χ4n) is 1.16. The average Bonchev–Trinajstić information content (AvgIpc) is 2.78. The average molecular weight is 235 g/mol. The predicted molar refractivity (Wildman–Crippen MR) is 59.7 cm³/mol. The topological polar surface area (TPSA) is 52.3 Å². The van der Waals surface area contributed by atoms with Crippen molar-refractivity contribution in [3.8, 4) is 5.75 Å². The van der Waals surface area contributed by atoms with E-state index in [2.05, 4.69) is 5.16 Å². The molecule has 5 heteroatoms. The molecule has 0 unspecified atom stereocenters. The van der Waals surface area contributed by atoms with Gasteiger partial charge < -0.3 is 9.26 Å². The lowest BCUT2D eigenvalue weighted by Gasteiger charge is -2.01.